The number of benzene rings is 3. The molecular formula is C31H35Cl2N3O4S. The zero-order chi connectivity index (χ0) is 29.6. The number of nitrogens with one attached hydrogen (secondary N) is 1. The summed E-state index contributed by atoms with van der Waals surface area (Å²) in [5.41, 5.74) is 2.58. The molecule has 0 spiro atoms. The fraction of sp³-hybridized carbons (Fsp3) is 0.355. The van der Waals surface area contributed by atoms with Gasteiger partial charge >= 0.3 is 0 Å². The van der Waals surface area contributed by atoms with Crippen LogP contribution >= 0.6 is 23.2 Å². The van der Waals surface area contributed by atoms with Crippen LogP contribution in [0.15, 0.2) is 72.8 Å². The van der Waals surface area contributed by atoms with Crippen molar-refractivity contribution in [1.82, 2.24) is 10.2 Å². The van der Waals surface area contributed by atoms with Gasteiger partial charge in [0.25, 0.3) is 0 Å². The van der Waals surface area contributed by atoms with Crippen molar-refractivity contribution in [2.75, 3.05) is 17.1 Å². The Kier molecular flexibility index (Phi) is 10.3. The van der Waals surface area contributed by atoms with E-state index in [0.717, 1.165) is 41.8 Å². The van der Waals surface area contributed by atoms with E-state index >= 15 is 0 Å². The highest BCUT2D eigenvalue weighted by atomic mass is 35.5. The summed E-state index contributed by atoms with van der Waals surface area (Å²) in [4.78, 5) is 29.6. The number of anilines is 1. The summed E-state index contributed by atoms with van der Waals surface area (Å²) in [6.45, 7) is 1.31. The maximum Gasteiger partial charge on any atom is 0.244 e. The van der Waals surface area contributed by atoms with Crippen molar-refractivity contribution in [2.45, 2.75) is 57.7 Å². The van der Waals surface area contributed by atoms with E-state index < -0.39 is 28.5 Å². The van der Waals surface area contributed by atoms with E-state index in [2.05, 4.69) is 5.32 Å². The minimum absolute atomic E-state index is 0.00417. The monoisotopic (exact) mass is 615 g/mol. The molecule has 0 radical (unpaired) electrons. The Morgan fingerprint density at radius 3 is 2.27 bits per heavy atom. The van der Waals surface area contributed by atoms with E-state index in [9.17, 15) is 18.0 Å². The Balaban J connectivity index is 1.75. The van der Waals surface area contributed by atoms with Crippen molar-refractivity contribution in [3.8, 4) is 0 Å². The lowest BCUT2D eigenvalue weighted by Crippen LogP contribution is -2.54. The molecule has 0 bridgehead atoms. The second kappa shape index (κ2) is 13.7. The number of hydrogen-bond donors (Lipinski definition) is 1. The molecule has 1 saturated carbocycles. The lowest BCUT2D eigenvalue weighted by molar-refractivity contribution is -0.140. The molecule has 3 aromatic rings. The zero-order valence-electron chi connectivity index (χ0n) is 23.2. The minimum atomic E-state index is -3.84. The molecule has 3 aromatic carbocycles. The average Bonchev–Trinajstić information content (AvgIpc) is 3.43. The van der Waals surface area contributed by atoms with Gasteiger partial charge in [-0.15, -0.1) is 0 Å². The summed E-state index contributed by atoms with van der Waals surface area (Å²) >= 11 is 12.7. The number of para-hydroxylation sites is 1. The molecule has 2 amide bonds. The summed E-state index contributed by atoms with van der Waals surface area (Å²) in [5.74, 6) is -0.798. The Bertz CT molecular complexity index is 1480. The summed E-state index contributed by atoms with van der Waals surface area (Å²) in [6, 6.07) is 20.6. The van der Waals surface area contributed by atoms with Gasteiger partial charge in [0, 0.05) is 29.1 Å². The van der Waals surface area contributed by atoms with Gasteiger partial charge in [0.05, 0.1) is 11.9 Å². The third-order valence-corrected chi connectivity index (χ3v) is 9.11. The quantitative estimate of drug-likeness (QED) is 0.297. The molecular weight excluding hydrogens is 581 g/mol. The van der Waals surface area contributed by atoms with Crippen molar-refractivity contribution < 1.29 is 18.0 Å². The number of aryl methyl sites for hydroxylation is 1. The highest BCUT2D eigenvalue weighted by Crippen LogP contribution is 2.27. The van der Waals surface area contributed by atoms with Crippen molar-refractivity contribution in [3.63, 3.8) is 0 Å². The van der Waals surface area contributed by atoms with E-state index in [4.69, 9.17) is 23.2 Å². The first-order valence-corrected chi connectivity index (χ1v) is 16.2. The van der Waals surface area contributed by atoms with Gasteiger partial charge in [0.1, 0.15) is 12.6 Å². The normalized spacial score (nSPS) is 14.4. The Hall–Kier alpha value is -3.07. The van der Waals surface area contributed by atoms with Crippen LogP contribution in [0.3, 0.4) is 0 Å². The van der Waals surface area contributed by atoms with Crippen LogP contribution in [0.1, 0.15) is 42.4 Å². The van der Waals surface area contributed by atoms with Crippen molar-refractivity contribution in [2.24, 2.45) is 0 Å². The van der Waals surface area contributed by atoms with Crippen LogP contribution in [0.4, 0.5) is 5.69 Å². The number of nitrogens with zero attached hydrogens (tertiary/aromatic N) is 2. The largest absolute Gasteiger partial charge is 0.352 e. The fourth-order valence-electron chi connectivity index (χ4n) is 5.19. The lowest BCUT2D eigenvalue weighted by Gasteiger charge is -2.34. The molecule has 0 aliphatic heterocycles. The Morgan fingerprint density at radius 2 is 1.63 bits per heavy atom. The van der Waals surface area contributed by atoms with Gasteiger partial charge in [0.15, 0.2) is 0 Å². The molecule has 41 heavy (non-hydrogen) atoms. The lowest BCUT2D eigenvalue weighted by atomic mass is 10.0. The molecule has 4 rings (SSSR count). The zero-order valence-corrected chi connectivity index (χ0v) is 25.6. The molecule has 1 aliphatic carbocycles. The van der Waals surface area contributed by atoms with Gasteiger partial charge in [-0.05, 0) is 54.7 Å². The molecule has 1 fully saturated rings. The van der Waals surface area contributed by atoms with E-state index in [-0.39, 0.29) is 24.9 Å². The third kappa shape index (κ3) is 8.24. The van der Waals surface area contributed by atoms with Crippen molar-refractivity contribution in [3.05, 3.63) is 99.5 Å². The predicted octanol–water partition coefficient (Wildman–Crippen LogP) is 5.77. The first kappa shape index (κ1) is 30.9. The Labute approximate surface area is 252 Å². The maximum atomic E-state index is 14.2. The van der Waals surface area contributed by atoms with E-state index in [1.165, 1.54) is 4.90 Å². The van der Waals surface area contributed by atoms with Crippen LogP contribution in [-0.4, -0.2) is 50.0 Å². The van der Waals surface area contributed by atoms with E-state index in [1.54, 1.807) is 49.4 Å². The van der Waals surface area contributed by atoms with Crippen LogP contribution in [0.2, 0.25) is 10.0 Å². The SMILES string of the molecule is Cc1ccccc1N(CC(=O)N(Cc1ccc(Cl)cc1Cl)C(Cc1ccccc1)C(=O)NC1CCCC1)S(C)(=O)=O. The van der Waals surface area contributed by atoms with Crippen LogP contribution in [0.5, 0.6) is 0 Å². The van der Waals surface area contributed by atoms with Crippen molar-refractivity contribution in [1.29, 1.82) is 0 Å². The fourth-order valence-corrected chi connectivity index (χ4v) is 6.57. The third-order valence-electron chi connectivity index (χ3n) is 7.39. The second-order valence-electron chi connectivity index (χ2n) is 10.5. The summed E-state index contributed by atoms with van der Waals surface area (Å²) in [5, 5.41) is 3.94. The van der Waals surface area contributed by atoms with Gasteiger partial charge in [-0.1, -0.05) is 90.6 Å². The molecule has 0 aromatic heterocycles. The number of halogens is 2. The van der Waals surface area contributed by atoms with Gasteiger partial charge < -0.3 is 10.2 Å². The van der Waals surface area contributed by atoms with Crippen LogP contribution in [-0.2, 0) is 32.6 Å². The standard InChI is InChI=1S/C31H35Cl2N3O4S/c1-22-10-6-9-15-28(22)36(41(2,39)40)21-30(37)35(20-24-16-17-25(32)19-27(24)33)29(18-23-11-4-3-5-12-23)31(38)34-26-13-7-8-14-26/h3-6,9-12,15-17,19,26,29H,7-8,13-14,18,20-21H2,1-2H3,(H,34,38). The van der Waals surface area contributed by atoms with Gasteiger partial charge in [-0.25, -0.2) is 8.42 Å². The maximum absolute atomic E-state index is 14.2. The molecule has 1 aliphatic rings. The van der Waals surface area contributed by atoms with Gasteiger partial charge in [0.2, 0.25) is 21.8 Å². The smallest absolute Gasteiger partial charge is 0.244 e. The van der Waals surface area contributed by atoms with Gasteiger partial charge in [-0.3, -0.25) is 13.9 Å². The summed E-state index contributed by atoms with van der Waals surface area (Å²) in [7, 11) is -3.84. The number of amides is 2. The first-order chi connectivity index (χ1) is 19.5. The highest BCUT2D eigenvalue weighted by Gasteiger charge is 2.34. The molecule has 1 atom stereocenters. The summed E-state index contributed by atoms with van der Waals surface area (Å²) < 4.78 is 27.0. The molecule has 7 nitrogen and oxygen atoms in total. The van der Waals surface area contributed by atoms with Crippen LogP contribution in [0.25, 0.3) is 0 Å². The molecule has 1 N–H and O–H groups in total. The number of rotatable bonds is 11. The Morgan fingerprint density at radius 1 is 0.976 bits per heavy atom. The first-order valence-electron chi connectivity index (χ1n) is 13.6. The summed E-state index contributed by atoms with van der Waals surface area (Å²) in [6.07, 6.45) is 5.17. The minimum Gasteiger partial charge on any atom is -0.352 e. The molecule has 218 valence electrons. The van der Waals surface area contributed by atoms with E-state index in [0.29, 0.717) is 26.9 Å². The van der Waals surface area contributed by atoms with E-state index in [1.807, 2.05) is 30.3 Å². The molecule has 0 heterocycles. The average molecular weight is 617 g/mol. The molecule has 1 unspecified atom stereocenters. The van der Waals surface area contributed by atoms with Gasteiger partial charge in [-0.2, -0.15) is 0 Å². The number of hydrogen-bond acceptors (Lipinski definition) is 4. The predicted molar refractivity (Wildman–Crippen MR) is 165 cm³/mol. The number of carbonyl (C=O) groups excluding carboxylic acids is 2. The topological polar surface area (TPSA) is 86.8 Å². The van der Waals surface area contributed by atoms with Crippen molar-refractivity contribution >= 4 is 50.7 Å². The second-order valence-corrected chi connectivity index (χ2v) is 13.3. The number of carbonyl (C=O) groups is 2. The molecule has 0 saturated heterocycles. The molecule has 10 heteroatoms. The van der Waals surface area contributed by atoms with Crippen LogP contribution in [0, 0.1) is 6.92 Å². The highest BCUT2D eigenvalue weighted by molar-refractivity contribution is 7.92. The number of sulfonamides is 1. The van der Waals surface area contributed by atoms with Crippen LogP contribution < -0.4 is 9.62 Å².